The maximum Gasteiger partial charge on any atom is 0.320 e. The van der Waals surface area contributed by atoms with Crippen LogP contribution in [-0.2, 0) is 17.6 Å². The Morgan fingerprint density at radius 2 is 1.66 bits per heavy atom. The first-order valence-corrected chi connectivity index (χ1v) is 10.9. The molecular formula is C22H18FI2NO3. The lowest BCUT2D eigenvalue weighted by atomic mass is 10.0. The molecule has 0 spiro atoms. The van der Waals surface area contributed by atoms with Crippen LogP contribution in [0.4, 0.5) is 4.39 Å². The summed E-state index contributed by atoms with van der Waals surface area (Å²) in [5.74, 6) is 0.157. The van der Waals surface area contributed by atoms with Crippen molar-refractivity contribution in [1.82, 2.24) is 0 Å². The van der Waals surface area contributed by atoms with Gasteiger partial charge in [-0.1, -0.05) is 24.3 Å². The van der Waals surface area contributed by atoms with Gasteiger partial charge in [0.05, 0.1) is 7.14 Å². The lowest BCUT2D eigenvalue weighted by Crippen LogP contribution is -2.32. The molecule has 0 aliphatic carbocycles. The first-order chi connectivity index (χ1) is 13.8. The Kier molecular flexibility index (Phi) is 7.47. The molecule has 29 heavy (non-hydrogen) atoms. The van der Waals surface area contributed by atoms with Gasteiger partial charge in [0.1, 0.15) is 17.6 Å². The van der Waals surface area contributed by atoms with Gasteiger partial charge < -0.3 is 15.6 Å². The predicted octanol–water partition coefficient (Wildman–Crippen LogP) is 5.37. The van der Waals surface area contributed by atoms with E-state index in [4.69, 9.17) is 15.6 Å². The minimum absolute atomic E-state index is 0.247. The maximum atomic E-state index is 13.1. The second-order valence-corrected chi connectivity index (χ2v) is 8.91. The number of hydrogen-bond donors (Lipinski definition) is 2. The lowest BCUT2D eigenvalue weighted by molar-refractivity contribution is -0.138. The van der Waals surface area contributed by atoms with Crippen molar-refractivity contribution in [2.75, 3.05) is 0 Å². The molecule has 4 nitrogen and oxygen atoms in total. The molecular weight excluding hydrogens is 599 g/mol. The molecule has 7 heteroatoms. The van der Waals surface area contributed by atoms with Crippen molar-refractivity contribution in [2.45, 2.75) is 18.9 Å². The normalized spacial score (nSPS) is 11.9. The molecule has 0 saturated carbocycles. The van der Waals surface area contributed by atoms with Crippen molar-refractivity contribution in [1.29, 1.82) is 0 Å². The lowest BCUT2D eigenvalue weighted by Gasteiger charge is -2.14. The SMILES string of the molecule is NC(Cc1cc(I)c(Oc2cccc(Cc3ccc(F)cc3)c2)c(I)c1)C(=O)O. The summed E-state index contributed by atoms with van der Waals surface area (Å²) in [5.41, 5.74) is 8.57. The number of halogens is 3. The number of aliphatic carboxylic acids is 1. The minimum atomic E-state index is -1.02. The number of carboxylic acids is 1. The van der Waals surface area contributed by atoms with Crippen LogP contribution in [0, 0.1) is 13.0 Å². The van der Waals surface area contributed by atoms with E-state index in [9.17, 15) is 9.18 Å². The number of ether oxygens (including phenoxy) is 1. The van der Waals surface area contributed by atoms with Crippen LogP contribution in [0.15, 0.2) is 60.7 Å². The van der Waals surface area contributed by atoms with Gasteiger partial charge in [-0.3, -0.25) is 4.79 Å². The van der Waals surface area contributed by atoms with E-state index in [2.05, 4.69) is 45.2 Å². The van der Waals surface area contributed by atoms with Gasteiger partial charge in [0.25, 0.3) is 0 Å². The smallest absolute Gasteiger partial charge is 0.320 e. The molecule has 0 radical (unpaired) electrons. The van der Waals surface area contributed by atoms with Crippen LogP contribution in [0.1, 0.15) is 16.7 Å². The van der Waals surface area contributed by atoms with Gasteiger partial charge in [-0.2, -0.15) is 0 Å². The van der Waals surface area contributed by atoms with E-state index in [0.29, 0.717) is 12.2 Å². The van der Waals surface area contributed by atoms with Gasteiger partial charge in [-0.05, 0) is 111 Å². The Morgan fingerprint density at radius 3 is 2.28 bits per heavy atom. The van der Waals surface area contributed by atoms with Gasteiger partial charge in [-0.25, -0.2) is 4.39 Å². The zero-order valence-electron chi connectivity index (χ0n) is 15.2. The molecule has 0 aliphatic heterocycles. The molecule has 150 valence electrons. The highest BCUT2D eigenvalue weighted by Gasteiger charge is 2.16. The number of benzene rings is 3. The monoisotopic (exact) mass is 617 g/mol. The molecule has 0 amide bonds. The summed E-state index contributed by atoms with van der Waals surface area (Å²) in [6.45, 7) is 0. The van der Waals surface area contributed by atoms with Crippen LogP contribution < -0.4 is 10.5 Å². The second-order valence-electron chi connectivity index (χ2n) is 6.59. The summed E-state index contributed by atoms with van der Waals surface area (Å²) in [5, 5.41) is 9.00. The summed E-state index contributed by atoms with van der Waals surface area (Å²) in [6, 6.07) is 17.1. The number of carboxylic acid groups (broad SMARTS) is 1. The first kappa shape index (κ1) is 22.0. The maximum absolute atomic E-state index is 13.1. The van der Waals surface area contributed by atoms with Crippen molar-refractivity contribution in [2.24, 2.45) is 5.73 Å². The highest BCUT2D eigenvalue weighted by Crippen LogP contribution is 2.33. The molecule has 0 fully saturated rings. The molecule has 3 aromatic carbocycles. The van der Waals surface area contributed by atoms with Crippen molar-refractivity contribution in [3.63, 3.8) is 0 Å². The number of carbonyl (C=O) groups is 1. The Labute approximate surface area is 195 Å². The zero-order chi connectivity index (χ0) is 21.0. The van der Waals surface area contributed by atoms with Gasteiger partial charge in [0, 0.05) is 0 Å². The van der Waals surface area contributed by atoms with Crippen LogP contribution in [0.25, 0.3) is 0 Å². The highest BCUT2D eigenvalue weighted by atomic mass is 127. The van der Waals surface area contributed by atoms with E-state index >= 15 is 0 Å². The van der Waals surface area contributed by atoms with E-state index < -0.39 is 12.0 Å². The third-order valence-corrected chi connectivity index (χ3v) is 5.87. The molecule has 1 atom stereocenters. The van der Waals surface area contributed by atoms with Gasteiger partial charge in [0.15, 0.2) is 5.75 Å². The average Bonchev–Trinajstić information content (AvgIpc) is 2.67. The molecule has 0 saturated heterocycles. The molecule has 0 heterocycles. The van der Waals surface area contributed by atoms with Gasteiger partial charge in [0.2, 0.25) is 0 Å². The van der Waals surface area contributed by atoms with E-state index in [1.54, 1.807) is 12.1 Å². The van der Waals surface area contributed by atoms with E-state index in [1.807, 2.05) is 36.4 Å². The fourth-order valence-electron chi connectivity index (χ4n) is 2.84. The number of nitrogens with two attached hydrogens (primary N) is 1. The largest absolute Gasteiger partial charge is 0.480 e. The minimum Gasteiger partial charge on any atom is -0.480 e. The number of rotatable bonds is 7. The summed E-state index contributed by atoms with van der Waals surface area (Å²) in [6.07, 6.45) is 0.937. The molecule has 3 aromatic rings. The Morgan fingerprint density at radius 1 is 1.00 bits per heavy atom. The van der Waals surface area contributed by atoms with E-state index in [1.165, 1.54) is 12.1 Å². The number of hydrogen-bond acceptors (Lipinski definition) is 3. The van der Waals surface area contributed by atoms with Crippen molar-refractivity contribution >= 4 is 51.2 Å². The molecule has 0 aromatic heterocycles. The van der Waals surface area contributed by atoms with Crippen LogP contribution >= 0.6 is 45.2 Å². The summed E-state index contributed by atoms with van der Waals surface area (Å²) < 4.78 is 21.0. The molecule has 0 bridgehead atoms. The topological polar surface area (TPSA) is 72.5 Å². The van der Waals surface area contributed by atoms with Crippen LogP contribution in [0.2, 0.25) is 0 Å². The highest BCUT2D eigenvalue weighted by molar-refractivity contribution is 14.1. The first-order valence-electron chi connectivity index (χ1n) is 8.79. The molecule has 3 rings (SSSR count). The molecule has 3 N–H and O–H groups in total. The van der Waals surface area contributed by atoms with Gasteiger partial charge >= 0.3 is 5.97 Å². The molecule has 1 unspecified atom stereocenters. The van der Waals surface area contributed by atoms with Crippen molar-refractivity contribution in [3.05, 3.63) is 90.3 Å². The van der Waals surface area contributed by atoms with E-state index in [0.717, 1.165) is 29.6 Å². The summed E-state index contributed by atoms with van der Waals surface area (Å²) in [4.78, 5) is 11.0. The standard InChI is InChI=1S/C22H18FI2NO3/c23-16-6-4-13(5-7-16)8-14-2-1-3-17(9-14)29-21-18(24)10-15(11-19(21)25)12-20(26)22(27)28/h1-7,9-11,20H,8,12,26H2,(H,27,28). The Hall–Kier alpha value is -1.72. The second kappa shape index (κ2) is 9.86. The zero-order valence-corrected chi connectivity index (χ0v) is 19.6. The Balaban J connectivity index is 1.77. The fraction of sp³-hybridized carbons (Fsp3) is 0.136. The van der Waals surface area contributed by atoms with Crippen LogP contribution in [0.5, 0.6) is 11.5 Å². The fourth-order valence-corrected chi connectivity index (χ4v) is 4.96. The summed E-state index contributed by atoms with van der Waals surface area (Å²) >= 11 is 4.36. The summed E-state index contributed by atoms with van der Waals surface area (Å²) in [7, 11) is 0. The third kappa shape index (κ3) is 6.13. The van der Waals surface area contributed by atoms with Crippen molar-refractivity contribution in [3.8, 4) is 11.5 Å². The third-order valence-electron chi connectivity index (χ3n) is 4.27. The van der Waals surface area contributed by atoms with Crippen LogP contribution in [-0.4, -0.2) is 17.1 Å². The Bertz CT molecular complexity index is 1000. The van der Waals surface area contributed by atoms with Gasteiger partial charge in [-0.15, -0.1) is 0 Å². The van der Waals surface area contributed by atoms with Crippen molar-refractivity contribution < 1.29 is 19.0 Å². The predicted molar refractivity (Wildman–Crippen MR) is 127 cm³/mol. The van der Waals surface area contributed by atoms with Crippen LogP contribution in [0.3, 0.4) is 0 Å². The quantitative estimate of drug-likeness (QED) is 0.350. The average molecular weight is 617 g/mol. The molecule has 0 aliphatic rings. The van der Waals surface area contributed by atoms with E-state index in [-0.39, 0.29) is 12.2 Å².